The molecule has 18 heavy (non-hydrogen) atoms. The largest absolute Gasteiger partial charge is 0.394 e. The van der Waals surface area contributed by atoms with Crippen LogP contribution in [0.2, 0.25) is 0 Å². The molecule has 0 atom stereocenters. The van der Waals surface area contributed by atoms with Crippen molar-refractivity contribution >= 4 is 11.5 Å². The summed E-state index contributed by atoms with van der Waals surface area (Å²) in [5, 5.41) is 7.73. The summed E-state index contributed by atoms with van der Waals surface area (Å²) in [7, 11) is 4.13. The molecule has 1 aliphatic rings. The second-order valence-corrected chi connectivity index (χ2v) is 5.43. The average Bonchev–Trinajstić information content (AvgIpc) is 2.58. The fourth-order valence-electron chi connectivity index (χ4n) is 2.63. The summed E-state index contributed by atoms with van der Waals surface area (Å²) in [6, 6.07) is 0. The Bertz CT molecular complexity index is 390. The van der Waals surface area contributed by atoms with Crippen LogP contribution in [0.3, 0.4) is 0 Å². The molecule has 0 amide bonds. The van der Waals surface area contributed by atoms with Gasteiger partial charge in [-0.05, 0) is 52.2 Å². The lowest BCUT2D eigenvalue weighted by Gasteiger charge is -2.28. The zero-order valence-corrected chi connectivity index (χ0v) is 11.7. The van der Waals surface area contributed by atoms with Gasteiger partial charge in [0.25, 0.3) is 0 Å². The second-order valence-electron chi connectivity index (χ2n) is 5.43. The van der Waals surface area contributed by atoms with E-state index in [2.05, 4.69) is 22.4 Å². The predicted molar refractivity (Wildman–Crippen MR) is 75.7 cm³/mol. The number of nitrogens with zero attached hydrogens (tertiary/aromatic N) is 3. The molecule has 5 heteroatoms. The lowest BCUT2D eigenvalue weighted by Crippen LogP contribution is -2.31. The van der Waals surface area contributed by atoms with Gasteiger partial charge in [0.2, 0.25) is 0 Å². The quantitative estimate of drug-likeness (QED) is 0.850. The third kappa shape index (κ3) is 2.96. The zero-order chi connectivity index (χ0) is 13.1. The molecule has 0 radical (unpaired) electrons. The van der Waals surface area contributed by atoms with Crippen molar-refractivity contribution in [1.29, 1.82) is 0 Å². The van der Waals surface area contributed by atoms with Crippen LogP contribution in [0.1, 0.15) is 25.0 Å². The van der Waals surface area contributed by atoms with Crippen molar-refractivity contribution in [3.8, 4) is 0 Å². The summed E-state index contributed by atoms with van der Waals surface area (Å²) in [5.41, 5.74) is 7.67. The highest BCUT2D eigenvalue weighted by atomic mass is 15.3. The maximum absolute atomic E-state index is 5.99. The van der Waals surface area contributed by atoms with Crippen LogP contribution < -0.4 is 11.1 Å². The number of likely N-dealkylation sites (tertiary alicyclic amines) is 1. The van der Waals surface area contributed by atoms with Gasteiger partial charge in [0.15, 0.2) is 0 Å². The van der Waals surface area contributed by atoms with Gasteiger partial charge < -0.3 is 16.0 Å². The monoisotopic (exact) mass is 251 g/mol. The van der Waals surface area contributed by atoms with Crippen molar-refractivity contribution in [2.75, 3.05) is 37.7 Å². The first-order chi connectivity index (χ1) is 8.58. The molecular weight excluding hydrogens is 226 g/mol. The Morgan fingerprint density at radius 1 is 1.33 bits per heavy atom. The first kappa shape index (κ1) is 13.2. The van der Waals surface area contributed by atoms with E-state index < -0.39 is 0 Å². The van der Waals surface area contributed by atoms with E-state index in [4.69, 9.17) is 5.73 Å². The molecule has 1 saturated heterocycles. The van der Waals surface area contributed by atoms with Gasteiger partial charge in [0, 0.05) is 13.6 Å². The molecule has 0 bridgehead atoms. The van der Waals surface area contributed by atoms with E-state index in [1.807, 2.05) is 18.7 Å². The van der Waals surface area contributed by atoms with Crippen LogP contribution in [-0.2, 0) is 7.05 Å². The van der Waals surface area contributed by atoms with Crippen molar-refractivity contribution < 1.29 is 0 Å². The van der Waals surface area contributed by atoms with Crippen LogP contribution in [0, 0.1) is 12.8 Å². The van der Waals surface area contributed by atoms with Gasteiger partial charge in [-0.1, -0.05) is 0 Å². The fourth-order valence-corrected chi connectivity index (χ4v) is 2.63. The molecule has 0 spiro atoms. The summed E-state index contributed by atoms with van der Waals surface area (Å²) >= 11 is 0. The van der Waals surface area contributed by atoms with Gasteiger partial charge in [-0.15, -0.1) is 0 Å². The zero-order valence-electron chi connectivity index (χ0n) is 11.7. The standard InChI is InChI=1S/C13H25N5/c1-10-12(14)13(18(3)16-10)15-7-4-11-5-8-17(2)9-6-11/h11,15H,4-9,14H2,1-3H3. The summed E-state index contributed by atoms with van der Waals surface area (Å²) in [5.74, 6) is 1.81. The molecule has 0 aromatic carbocycles. The van der Waals surface area contributed by atoms with Gasteiger partial charge in [0.05, 0.1) is 11.4 Å². The van der Waals surface area contributed by atoms with Gasteiger partial charge in [-0.2, -0.15) is 5.10 Å². The number of hydrogen-bond acceptors (Lipinski definition) is 4. The summed E-state index contributed by atoms with van der Waals surface area (Å²) in [4.78, 5) is 2.41. The summed E-state index contributed by atoms with van der Waals surface area (Å²) < 4.78 is 1.83. The van der Waals surface area contributed by atoms with Crippen LogP contribution in [0.15, 0.2) is 0 Å². The number of rotatable bonds is 4. The topological polar surface area (TPSA) is 59.1 Å². The van der Waals surface area contributed by atoms with E-state index in [-0.39, 0.29) is 0 Å². The van der Waals surface area contributed by atoms with E-state index in [1.54, 1.807) is 0 Å². The van der Waals surface area contributed by atoms with Gasteiger partial charge >= 0.3 is 0 Å². The number of hydrogen-bond donors (Lipinski definition) is 2. The highest BCUT2D eigenvalue weighted by Crippen LogP contribution is 2.23. The first-order valence-electron chi connectivity index (χ1n) is 6.79. The predicted octanol–water partition coefficient (Wildman–Crippen LogP) is 1.45. The maximum atomic E-state index is 5.99. The van der Waals surface area contributed by atoms with Crippen LogP contribution in [0.25, 0.3) is 0 Å². The molecule has 1 fully saturated rings. The van der Waals surface area contributed by atoms with E-state index in [0.717, 1.165) is 29.7 Å². The highest BCUT2D eigenvalue weighted by Gasteiger charge is 2.16. The van der Waals surface area contributed by atoms with E-state index in [9.17, 15) is 0 Å². The molecule has 0 saturated carbocycles. The molecule has 0 aliphatic carbocycles. The number of nitrogens with one attached hydrogen (secondary N) is 1. The third-order valence-corrected chi connectivity index (χ3v) is 3.95. The van der Waals surface area contributed by atoms with Crippen molar-refractivity contribution in [1.82, 2.24) is 14.7 Å². The number of aromatic nitrogens is 2. The van der Waals surface area contributed by atoms with Crippen LogP contribution >= 0.6 is 0 Å². The molecule has 102 valence electrons. The number of nitrogen functional groups attached to an aromatic ring is 1. The number of aryl methyl sites for hydroxylation is 2. The normalized spacial score (nSPS) is 18.2. The Hall–Kier alpha value is -1.23. The summed E-state index contributed by atoms with van der Waals surface area (Å²) in [6.45, 7) is 5.39. The van der Waals surface area contributed by atoms with E-state index in [1.165, 1.54) is 32.4 Å². The first-order valence-corrected chi connectivity index (χ1v) is 6.79. The van der Waals surface area contributed by atoms with Gasteiger partial charge in [-0.25, -0.2) is 0 Å². The highest BCUT2D eigenvalue weighted by molar-refractivity contribution is 5.64. The minimum atomic E-state index is 0.779. The SMILES string of the molecule is Cc1nn(C)c(NCCC2CCN(C)CC2)c1N. The Kier molecular flexibility index (Phi) is 4.11. The number of anilines is 2. The minimum Gasteiger partial charge on any atom is -0.394 e. The molecule has 1 aliphatic heterocycles. The Morgan fingerprint density at radius 2 is 2.00 bits per heavy atom. The fraction of sp³-hybridized carbons (Fsp3) is 0.769. The van der Waals surface area contributed by atoms with Crippen LogP contribution in [0.5, 0.6) is 0 Å². The van der Waals surface area contributed by atoms with Gasteiger partial charge in [-0.3, -0.25) is 4.68 Å². The third-order valence-electron chi connectivity index (χ3n) is 3.95. The second kappa shape index (κ2) is 5.61. The average molecular weight is 251 g/mol. The van der Waals surface area contributed by atoms with Crippen molar-refractivity contribution in [2.45, 2.75) is 26.2 Å². The lowest BCUT2D eigenvalue weighted by molar-refractivity contribution is 0.215. The Labute approximate surface area is 109 Å². The Morgan fingerprint density at radius 3 is 2.56 bits per heavy atom. The molecule has 2 rings (SSSR count). The van der Waals surface area contributed by atoms with Gasteiger partial charge in [0.1, 0.15) is 5.82 Å². The molecule has 1 aromatic rings. The number of nitrogens with two attached hydrogens (primary N) is 1. The van der Waals surface area contributed by atoms with Crippen molar-refractivity contribution in [3.05, 3.63) is 5.69 Å². The van der Waals surface area contributed by atoms with Crippen molar-refractivity contribution in [2.24, 2.45) is 13.0 Å². The smallest absolute Gasteiger partial charge is 0.147 e. The summed E-state index contributed by atoms with van der Waals surface area (Å²) in [6.07, 6.45) is 3.85. The maximum Gasteiger partial charge on any atom is 0.147 e. The van der Waals surface area contributed by atoms with E-state index >= 15 is 0 Å². The van der Waals surface area contributed by atoms with E-state index in [0.29, 0.717) is 0 Å². The van der Waals surface area contributed by atoms with Crippen LogP contribution in [0.4, 0.5) is 11.5 Å². The molecule has 3 N–H and O–H groups in total. The van der Waals surface area contributed by atoms with Crippen molar-refractivity contribution in [3.63, 3.8) is 0 Å². The molecule has 1 aromatic heterocycles. The number of piperidine rings is 1. The molecule has 0 unspecified atom stereocenters. The molecular formula is C13H25N5. The lowest BCUT2D eigenvalue weighted by atomic mass is 9.94. The minimum absolute atomic E-state index is 0.779. The van der Waals surface area contributed by atoms with Crippen LogP contribution in [-0.4, -0.2) is 41.4 Å². The molecule has 5 nitrogen and oxygen atoms in total. The molecule has 2 heterocycles. The Balaban J connectivity index is 1.78.